The highest BCUT2D eigenvalue weighted by molar-refractivity contribution is 7.92. The van der Waals surface area contributed by atoms with Gasteiger partial charge in [0.25, 0.3) is 15.9 Å². The second-order valence-corrected chi connectivity index (χ2v) is 11.0. The van der Waals surface area contributed by atoms with E-state index in [2.05, 4.69) is 33.9 Å². The number of carbonyl (C=O) groups excluding carboxylic acids is 1. The predicted octanol–water partition coefficient (Wildman–Crippen LogP) is 4.41. The summed E-state index contributed by atoms with van der Waals surface area (Å²) in [4.78, 5) is 21.9. The van der Waals surface area contributed by atoms with Crippen molar-refractivity contribution in [1.82, 2.24) is 15.3 Å². The number of amides is 1. The maximum absolute atomic E-state index is 13.2. The molecule has 1 atom stereocenters. The first kappa shape index (κ1) is 24.7. The van der Waals surface area contributed by atoms with E-state index in [9.17, 15) is 13.2 Å². The van der Waals surface area contributed by atoms with Gasteiger partial charge in [0, 0.05) is 16.7 Å². The van der Waals surface area contributed by atoms with Crippen molar-refractivity contribution in [2.24, 2.45) is 5.92 Å². The quantitative estimate of drug-likeness (QED) is 0.558. The highest BCUT2D eigenvalue weighted by Gasteiger charge is 2.24. The average Bonchev–Trinajstić information content (AvgIpc) is 2.79. The highest BCUT2D eigenvalue weighted by Crippen LogP contribution is 2.33. The second-order valence-electron chi connectivity index (χ2n) is 9.34. The molecule has 0 saturated carbocycles. The fraction of sp³-hybridized carbons (Fsp3) is 0.346. The number of ether oxygens (including phenoxy) is 1. The van der Waals surface area contributed by atoms with Crippen LogP contribution in [0.15, 0.2) is 47.4 Å². The Labute approximate surface area is 206 Å². The standard InChI is InChI=1S/C26H30N4O4S/c1-15(2)12-20-14-34-25-18(5)23(22-16(3)8-6-9-17(22)4)28-26(29-25)30-35(32,33)21-11-7-10-19(13-21)24(31)27-20/h6-11,13,15,20H,12,14H2,1-5H3,(H,27,31)(H,28,29,30)/t20-/m1/s1. The number of carbonyl (C=O) groups is 1. The van der Waals surface area contributed by atoms with Crippen molar-refractivity contribution in [2.45, 2.75) is 52.0 Å². The molecular weight excluding hydrogens is 464 g/mol. The summed E-state index contributed by atoms with van der Waals surface area (Å²) in [6.45, 7) is 10.1. The summed E-state index contributed by atoms with van der Waals surface area (Å²) in [7, 11) is -4.06. The first-order chi connectivity index (χ1) is 16.5. The number of hydrogen-bond acceptors (Lipinski definition) is 6. The lowest BCUT2D eigenvalue weighted by atomic mass is 9.97. The predicted molar refractivity (Wildman–Crippen MR) is 135 cm³/mol. The Bertz CT molecular complexity index is 1370. The molecule has 0 spiro atoms. The molecule has 0 fully saturated rings. The minimum Gasteiger partial charge on any atom is -0.475 e. The molecule has 2 N–H and O–H groups in total. The minimum atomic E-state index is -4.06. The van der Waals surface area contributed by atoms with E-state index in [0.29, 0.717) is 23.6 Å². The maximum Gasteiger partial charge on any atom is 0.264 e. The third-order valence-electron chi connectivity index (χ3n) is 5.96. The number of nitrogens with zero attached hydrogens (tertiary/aromatic N) is 2. The van der Waals surface area contributed by atoms with E-state index in [0.717, 1.165) is 16.7 Å². The van der Waals surface area contributed by atoms with Gasteiger partial charge in [0.2, 0.25) is 11.8 Å². The Morgan fingerprint density at radius 3 is 2.43 bits per heavy atom. The molecule has 3 aromatic rings. The van der Waals surface area contributed by atoms with Crippen LogP contribution in [-0.4, -0.2) is 36.9 Å². The van der Waals surface area contributed by atoms with Crippen molar-refractivity contribution < 1.29 is 17.9 Å². The molecule has 0 unspecified atom stereocenters. The zero-order valence-corrected chi connectivity index (χ0v) is 21.4. The van der Waals surface area contributed by atoms with Gasteiger partial charge in [0.1, 0.15) is 6.61 Å². The summed E-state index contributed by atoms with van der Waals surface area (Å²) < 4.78 is 35.0. The van der Waals surface area contributed by atoms with Gasteiger partial charge in [-0.3, -0.25) is 4.79 Å². The summed E-state index contributed by atoms with van der Waals surface area (Å²) in [5.74, 6) is 0.124. The first-order valence-corrected chi connectivity index (χ1v) is 13.0. The van der Waals surface area contributed by atoms with E-state index in [4.69, 9.17) is 4.74 Å². The molecule has 1 amide bonds. The van der Waals surface area contributed by atoms with Gasteiger partial charge in [-0.25, -0.2) is 18.1 Å². The normalized spacial score (nSPS) is 17.3. The molecule has 0 radical (unpaired) electrons. The summed E-state index contributed by atoms with van der Waals surface area (Å²) in [6, 6.07) is 11.5. The molecule has 2 heterocycles. The van der Waals surface area contributed by atoms with Gasteiger partial charge < -0.3 is 10.1 Å². The summed E-state index contributed by atoms with van der Waals surface area (Å²) >= 11 is 0. The zero-order valence-electron chi connectivity index (χ0n) is 20.5. The summed E-state index contributed by atoms with van der Waals surface area (Å²) in [6.07, 6.45) is 0.683. The molecule has 1 aliphatic rings. The minimum absolute atomic E-state index is 0.0509. The van der Waals surface area contributed by atoms with E-state index in [1.165, 1.54) is 12.1 Å². The molecule has 0 aliphatic carbocycles. The van der Waals surface area contributed by atoms with Crippen LogP contribution in [0.2, 0.25) is 0 Å². The molecule has 4 rings (SSSR count). The van der Waals surface area contributed by atoms with E-state index < -0.39 is 10.0 Å². The lowest BCUT2D eigenvalue weighted by molar-refractivity contribution is 0.0913. The van der Waals surface area contributed by atoms with Crippen LogP contribution in [0.5, 0.6) is 5.88 Å². The Morgan fingerprint density at radius 2 is 1.74 bits per heavy atom. The Hall–Kier alpha value is -3.46. The monoisotopic (exact) mass is 494 g/mol. The maximum atomic E-state index is 13.2. The van der Waals surface area contributed by atoms with Gasteiger partial charge in [-0.2, -0.15) is 4.98 Å². The van der Waals surface area contributed by atoms with E-state index in [1.807, 2.05) is 39.0 Å². The molecular formula is C26H30N4O4S. The molecule has 2 aromatic carbocycles. The highest BCUT2D eigenvalue weighted by atomic mass is 32.2. The summed E-state index contributed by atoms with van der Waals surface area (Å²) in [5, 5.41) is 2.99. The van der Waals surface area contributed by atoms with Gasteiger partial charge in [0.05, 0.1) is 16.6 Å². The van der Waals surface area contributed by atoms with Crippen molar-refractivity contribution in [3.63, 3.8) is 0 Å². The number of benzene rings is 2. The topological polar surface area (TPSA) is 110 Å². The molecule has 184 valence electrons. The lowest BCUT2D eigenvalue weighted by Crippen LogP contribution is -2.40. The number of fused-ring (bicyclic) bond motifs is 4. The average molecular weight is 495 g/mol. The number of aryl methyl sites for hydroxylation is 2. The van der Waals surface area contributed by atoms with Gasteiger partial charge in [-0.1, -0.05) is 38.1 Å². The molecule has 1 aliphatic heterocycles. The molecule has 1 aromatic heterocycles. The number of rotatable bonds is 3. The van der Waals surface area contributed by atoms with Gasteiger partial charge >= 0.3 is 0 Å². The third kappa shape index (κ3) is 5.30. The molecule has 35 heavy (non-hydrogen) atoms. The molecule has 0 saturated heterocycles. The number of aromatic nitrogens is 2. The largest absolute Gasteiger partial charge is 0.475 e. The van der Waals surface area contributed by atoms with Crippen LogP contribution < -0.4 is 14.8 Å². The second kappa shape index (κ2) is 9.65. The zero-order chi connectivity index (χ0) is 25.3. The Morgan fingerprint density at radius 1 is 1.06 bits per heavy atom. The third-order valence-corrected chi connectivity index (χ3v) is 7.29. The molecule has 4 bridgehead atoms. The SMILES string of the molecule is Cc1cccc(C)c1-c1nc2nc(c1C)OC[C@@H](CC(C)C)NC(=O)c1cccc(c1)S(=O)(=O)N2. The Kier molecular flexibility index (Phi) is 6.80. The van der Waals surface area contributed by atoms with Crippen LogP contribution in [-0.2, 0) is 10.0 Å². The lowest BCUT2D eigenvalue weighted by Gasteiger charge is -2.22. The number of anilines is 1. The van der Waals surface area contributed by atoms with Crippen LogP contribution in [0.1, 0.15) is 47.3 Å². The number of nitrogens with one attached hydrogen (secondary N) is 2. The summed E-state index contributed by atoms with van der Waals surface area (Å²) in [5.41, 5.74) is 4.44. The fourth-order valence-corrected chi connectivity index (χ4v) is 5.27. The van der Waals surface area contributed by atoms with Gasteiger partial charge in [0.15, 0.2) is 0 Å². The van der Waals surface area contributed by atoms with Crippen LogP contribution >= 0.6 is 0 Å². The van der Waals surface area contributed by atoms with Crippen molar-refractivity contribution in [3.05, 3.63) is 64.7 Å². The van der Waals surface area contributed by atoms with Gasteiger partial charge in [-0.15, -0.1) is 0 Å². The fourth-order valence-electron chi connectivity index (χ4n) is 4.28. The van der Waals surface area contributed by atoms with E-state index in [-0.39, 0.29) is 40.8 Å². The number of sulfonamides is 1. The van der Waals surface area contributed by atoms with Crippen LogP contribution in [0.3, 0.4) is 0 Å². The molecule has 8 nitrogen and oxygen atoms in total. The van der Waals surface area contributed by atoms with Crippen molar-refractivity contribution in [1.29, 1.82) is 0 Å². The van der Waals surface area contributed by atoms with Crippen LogP contribution in [0.4, 0.5) is 5.95 Å². The van der Waals surface area contributed by atoms with E-state index >= 15 is 0 Å². The molecule has 9 heteroatoms. The van der Waals surface area contributed by atoms with Crippen LogP contribution in [0.25, 0.3) is 11.3 Å². The first-order valence-electron chi connectivity index (χ1n) is 11.6. The van der Waals surface area contributed by atoms with Gasteiger partial charge in [-0.05, 0) is 62.4 Å². The van der Waals surface area contributed by atoms with Crippen LogP contribution in [0, 0.1) is 26.7 Å². The van der Waals surface area contributed by atoms with Crippen molar-refractivity contribution in [3.8, 4) is 17.1 Å². The van der Waals surface area contributed by atoms with E-state index in [1.54, 1.807) is 12.1 Å². The Balaban J connectivity index is 1.90. The number of hydrogen-bond donors (Lipinski definition) is 2. The smallest absolute Gasteiger partial charge is 0.264 e. The van der Waals surface area contributed by atoms with Crippen molar-refractivity contribution in [2.75, 3.05) is 11.3 Å². The van der Waals surface area contributed by atoms with Crippen molar-refractivity contribution >= 4 is 21.9 Å².